The van der Waals surface area contributed by atoms with E-state index in [4.69, 9.17) is 21.7 Å². The molecule has 0 aliphatic carbocycles. The van der Waals surface area contributed by atoms with Crippen LogP contribution in [-0.4, -0.2) is 40.3 Å². The maximum absolute atomic E-state index is 12.7. The number of hydrogen-bond acceptors (Lipinski definition) is 8. The Balaban J connectivity index is 1.81. The quantitative estimate of drug-likeness (QED) is 0.312. The number of hydrazine groups is 1. The van der Waals surface area contributed by atoms with Crippen molar-refractivity contribution in [2.45, 2.75) is 0 Å². The summed E-state index contributed by atoms with van der Waals surface area (Å²) in [5, 5.41) is 11.8. The van der Waals surface area contributed by atoms with Crippen molar-refractivity contribution in [1.82, 2.24) is 10.4 Å². The van der Waals surface area contributed by atoms with Gasteiger partial charge in [-0.2, -0.15) is 5.01 Å². The fourth-order valence-corrected chi connectivity index (χ4v) is 3.74. The van der Waals surface area contributed by atoms with Gasteiger partial charge in [0, 0.05) is 29.3 Å². The number of carbonyl (C=O) groups is 2. The third-order valence-corrected chi connectivity index (χ3v) is 5.36. The molecule has 0 saturated carbocycles. The first kappa shape index (κ1) is 21.3. The highest BCUT2D eigenvalue weighted by Gasteiger charge is 2.34. The summed E-state index contributed by atoms with van der Waals surface area (Å²) in [6, 6.07) is 10.3. The van der Waals surface area contributed by atoms with Crippen LogP contribution >= 0.6 is 24.0 Å². The number of nitrogens with zero attached hydrogens (tertiary/aromatic N) is 2. The maximum Gasteiger partial charge on any atom is 0.285 e. The van der Waals surface area contributed by atoms with Gasteiger partial charge < -0.3 is 9.47 Å². The Morgan fingerprint density at radius 1 is 1.23 bits per heavy atom. The monoisotopic (exact) mass is 445 g/mol. The minimum absolute atomic E-state index is 0.0269. The normalized spacial score (nSPS) is 14.7. The van der Waals surface area contributed by atoms with Gasteiger partial charge in [-0.25, -0.2) is 0 Å². The zero-order valence-corrected chi connectivity index (χ0v) is 17.4. The van der Waals surface area contributed by atoms with Crippen LogP contribution in [-0.2, 0) is 4.79 Å². The summed E-state index contributed by atoms with van der Waals surface area (Å²) in [5.41, 5.74) is 2.81. The number of ether oxygens (including phenoxy) is 2. The molecule has 11 heteroatoms. The van der Waals surface area contributed by atoms with Crippen LogP contribution in [0.25, 0.3) is 6.08 Å². The minimum atomic E-state index is -0.696. The van der Waals surface area contributed by atoms with Crippen LogP contribution in [0.5, 0.6) is 11.5 Å². The molecule has 1 heterocycles. The predicted octanol–water partition coefficient (Wildman–Crippen LogP) is 3.16. The first-order chi connectivity index (χ1) is 14.3. The van der Waals surface area contributed by atoms with Crippen molar-refractivity contribution in [2.24, 2.45) is 0 Å². The van der Waals surface area contributed by atoms with Gasteiger partial charge in [0.15, 0.2) is 4.32 Å². The van der Waals surface area contributed by atoms with Gasteiger partial charge in [0.2, 0.25) is 0 Å². The summed E-state index contributed by atoms with van der Waals surface area (Å²) in [6.45, 7) is 0. The summed E-state index contributed by atoms with van der Waals surface area (Å²) < 4.78 is 10.6. The Bertz CT molecular complexity index is 1090. The van der Waals surface area contributed by atoms with Gasteiger partial charge in [-0.3, -0.25) is 25.1 Å². The molecule has 1 saturated heterocycles. The lowest BCUT2D eigenvalue weighted by Crippen LogP contribution is -2.44. The number of thioether (sulfide) groups is 1. The summed E-state index contributed by atoms with van der Waals surface area (Å²) >= 11 is 6.21. The number of thiocarbonyl (C=S) groups is 1. The highest BCUT2D eigenvalue weighted by atomic mass is 32.2. The Morgan fingerprint density at radius 3 is 2.67 bits per heavy atom. The molecule has 1 aliphatic heterocycles. The van der Waals surface area contributed by atoms with E-state index in [9.17, 15) is 19.7 Å². The Kier molecular flexibility index (Phi) is 6.33. The van der Waals surface area contributed by atoms with Crippen molar-refractivity contribution in [3.63, 3.8) is 0 Å². The first-order valence-corrected chi connectivity index (χ1v) is 9.62. The molecule has 0 spiro atoms. The SMILES string of the molecule is COc1ccc(/C=C2/SC(=S)N(NC(=O)c3cccc([N+](=O)[O-])c3)C2=O)c(OC)c1. The van der Waals surface area contributed by atoms with Crippen LogP contribution in [0.3, 0.4) is 0 Å². The number of rotatable bonds is 6. The molecule has 1 aliphatic rings. The molecule has 9 nitrogen and oxygen atoms in total. The number of amides is 2. The predicted molar refractivity (Wildman–Crippen MR) is 115 cm³/mol. The van der Waals surface area contributed by atoms with Crippen molar-refractivity contribution < 1.29 is 24.0 Å². The largest absolute Gasteiger partial charge is 0.497 e. The molecule has 2 aromatic carbocycles. The van der Waals surface area contributed by atoms with E-state index in [1.165, 1.54) is 32.4 Å². The lowest BCUT2D eigenvalue weighted by atomic mass is 10.1. The number of non-ortho nitro benzene ring substituents is 1. The van der Waals surface area contributed by atoms with Crippen LogP contribution in [0, 0.1) is 10.1 Å². The second-order valence-corrected chi connectivity index (χ2v) is 7.55. The summed E-state index contributed by atoms with van der Waals surface area (Å²) in [7, 11) is 3.03. The van der Waals surface area contributed by atoms with E-state index in [2.05, 4.69) is 5.43 Å². The molecule has 0 radical (unpaired) electrons. The lowest BCUT2D eigenvalue weighted by molar-refractivity contribution is -0.384. The second-order valence-electron chi connectivity index (χ2n) is 5.87. The molecule has 3 rings (SSSR count). The van der Waals surface area contributed by atoms with Crippen molar-refractivity contribution in [3.8, 4) is 11.5 Å². The number of methoxy groups -OCH3 is 2. The Labute approximate surface area is 180 Å². The molecule has 1 N–H and O–H groups in total. The molecule has 2 amide bonds. The van der Waals surface area contributed by atoms with Crippen LogP contribution in [0.2, 0.25) is 0 Å². The average molecular weight is 445 g/mol. The van der Waals surface area contributed by atoms with Gasteiger partial charge in [0.05, 0.1) is 24.0 Å². The van der Waals surface area contributed by atoms with Crippen LogP contribution in [0.15, 0.2) is 47.4 Å². The third-order valence-electron chi connectivity index (χ3n) is 4.05. The molecule has 0 aromatic heterocycles. The van der Waals surface area contributed by atoms with Gasteiger partial charge in [0.25, 0.3) is 17.5 Å². The molecule has 30 heavy (non-hydrogen) atoms. The van der Waals surface area contributed by atoms with Crippen LogP contribution in [0.1, 0.15) is 15.9 Å². The Hall–Kier alpha value is -3.44. The first-order valence-electron chi connectivity index (χ1n) is 8.39. The van der Waals surface area contributed by atoms with E-state index in [0.29, 0.717) is 17.1 Å². The molecule has 2 aromatic rings. The molecule has 154 valence electrons. The number of nitro groups is 1. The number of nitro benzene ring substituents is 1. The Morgan fingerprint density at radius 2 is 2.00 bits per heavy atom. The van der Waals surface area contributed by atoms with Gasteiger partial charge >= 0.3 is 0 Å². The van der Waals surface area contributed by atoms with E-state index >= 15 is 0 Å². The lowest BCUT2D eigenvalue weighted by Gasteiger charge is -2.15. The highest BCUT2D eigenvalue weighted by Crippen LogP contribution is 2.34. The van der Waals surface area contributed by atoms with Crippen molar-refractivity contribution in [1.29, 1.82) is 0 Å². The minimum Gasteiger partial charge on any atom is -0.497 e. The highest BCUT2D eigenvalue weighted by molar-refractivity contribution is 8.26. The number of benzene rings is 2. The maximum atomic E-state index is 12.7. The zero-order chi connectivity index (χ0) is 21.8. The smallest absolute Gasteiger partial charge is 0.285 e. The molecule has 0 unspecified atom stereocenters. The molecule has 1 fully saturated rings. The third kappa shape index (κ3) is 4.42. The summed E-state index contributed by atoms with van der Waals surface area (Å²) in [5.74, 6) is -0.124. The second kappa shape index (κ2) is 8.93. The molecule has 0 bridgehead atoms. The summed E-state index contributed by atoms with van der Waals surface area (Å²) in [6.07, 6.45) is 1.59. The number of hydrogen-bond donors (Lipinski definition) is 1. The number of nitrogens with one attached hydrogen (secondary N) is 1. The fourth-order valence-electron chi connectivity index (χ4n) is 2.57. The van der Waals surface area contributed by atoms with Crippen LogP contribution < -0.4 is 14.9 Å². The van der Waals surface area contributed by atoms with Crippen molar-refractivity contribution >= 4 is 51.9 Å². The zero-order valence-electron chi connectivity index (χ0n) is 15.8. The van der Waals surface area contributed by atoms with Crippen LogP contribution in [0.4, 0.5) is 5.69 Å². The van der Waals surface area contributed by atoms with E-state index < -0.39 is 16.7 Å². The standard InChI is InChI=1S/C19H15N3O6S2/c1-27-14-7-6-11(15(10-14)28-2)9-16-18(24)21(19(29)30-16)20-17(23)12-4-3-5-13(8-12)22(25)26/h3-10H,1-2H3,(H,20,23)/b16-9+. The average Bonchev–Trinajstić information content (AvgIpc) is 3.01. The van der Waals surface area contributed by atoms with Gasteiger partial charge in [0.1, 0.15) is 11.5 Å². The van der Waals surface area contributed by atoms with E-state index in [-0.39, 0.29) is 20.5 Å². The van der Waals surface area contributed by atoms with Crippen molar-refractivity contribution in [2.75, 3.05) is 14.2 Å². The number of carbonyl (C=O) groups excluding carboxylic acids is 2. The van der Waals surface area contributed by atoms with E-state index in [1.54, 1.807) is 24.3 Å². The van der Waals surface area contributed by atoms with E-state index in [1.807, 2.05) is 0 Å². The van der Waals surface area contributed by atoms with Gasteiger partial charge in [-0.05, 0) is 36.5 Å². The molecule has 0 atom stereocenters. The van der Waals surface area contributed by atoms with Gasteiger partial charge in [-0.15, -0.1) is 0 Å². The topological polar surface area (TPSA) is 111 Å². The van der Waals surface area contributed by atoms with E-state index in [0.717, 1.165) is 22.8 Å². The molecular formula is C19H15N3O6S2. The van der Waals surface area contributed by atoms with Gasteiger partial charge in [-0.1, -0.05) is 17.8 Å². The summed E-state index contributed by atoms with van der Waals surface area (Å²) in [4.78, 5) is 35.8. The molecular weight excluding hydrogens is 430 g/mol. The van der Waals surface area contributed by atoms with Crippen molar-refractivity contribution in [3.05, 3.63) is 68.6 Å². The fraction of sp³-hybridized carbons (Fsp3) is 0.105.